The number of nitrogens with one attached hydrogen (secondary N) is 1. The molecule has 0 radical (unpaired) electrons. The molecule has 1 aliphatic heterocycles. The van der Waals surface area contributed by atoms with Crippen LogP contribution in [0, 0.1) is 11.6 Å². The van der Waals surface area contributed by atoms with Crippen LogP contribution in [0.5, 0.6) is 0 Å². The van der Waals surface area contributed by atoms with E-state index >= 15 is 0 Å². The molecular formula is C26H27F2N5O3S. The lowest BCUT2D eigenvalue weighted by Crippen LogP contribution is -2.43. The Morgan fingerprint density at radius 2 is 1.89 bits per heavy atom. The maximum atomic E-state index is 14.8. The average molecular weight is 528 g/mol. The highest BCUT2D eigenvalue weighted by atomic mass is 32.2. The number of ether oxygens (including phenoxy) is 1. The molecule has 4 rings (SSSR count). The van der Waals surface area contributed by atoms with Gasteiger partial charge in [0.2, 0.25) is 0 Å². The molecule has 1 aromatic heterocycles. The number of carbonyl (C=O) groups is 2. The molecule has 1 atom stereocenters. The summed E-state index contributed by atoms with van der Waals surface area (Å²) in [6.07, 6.45) is 4.52. The molecule has 1 unspecified atom stereocenters. The molecule has 8 nitrogen and oxygen atoms in total. The third kappa shape index (κ3) is 5.99. The molecule has 0 fully saturated rings. The van der Waals surface area contributed by atoms with Crippen LogP contribution < -0.4 is 5.32 Å². The monoisotopic (exact) mass is 527 g/mol. The maximum Gasteiger partial charge on any atom is 0.407 e. The van der Waals surface area contributed by atoms with Crippen LogP contribution in [0.2, 0.25) is 0 Å². The largest absolute Gasteiger partial charge is 0.444 e. The fraction of sp³-hybridized carbons (Fsp3) is 0.308. The van der Waals surface area contributed by atoms with Gasteiger partial charge in [-0.15, -0.1) is 0 Å². The number of thioether (sulfide) groups is 1. The Bertz CT molecular complexity index is 1300. The van der Waals surface area contributed by atoms with Gasteiger partial charge in [-0.2, -0.15) is 10.1 Å². The highest BCUT2D eigenvalue weighted by molar-refractivity contribution is 8.15. The normalized spacial score (nSPS) is 17.4. The number of amides is 2. The molecule has 0 saturated carbocycles. The van der Waals surface area contributed by atoms with Crippen LogP contribution in [0.3, 0.4) is 0 Å². The van der Waals surface area contributed by atoms with Crippen LogP contribution in [0.25, 0.3) is 0 Å². The Morgan fingerprint density at radius 3 is 2.57 bits per heavy atom. The van der Waals surface area contributed by atoms with Crippen molar-refractivity contribution in [2.75, 3.05) is 6.54 Å². The summed E-state index contributed by atoms with van der Waals surface area (Å²) in [5.74, 6) is -1.27. The van der Waals surface area contributed by atoms with Crippen molar-refractivity contribution in [3.8, 4) is 0 Å². The second-order valence-corrected chi connectivity index (χ2v) is 10.6. The predicted molar refractivity (Wildman–Crippen MR) is 137 cm³/mol. The molecule has 0 spiro atoms. The zero-order valence-corrected chi connectivity index (χ0v) is 21.5. The fourth-order valence-corrected chi connectivity index (χ4v) is 5.27. The standard InChI is InChI=1S/C26H27F2N5O3S/c1-25(2,3)36-23(34)30-13-7-12-26(18-8-5-4-6-9-18)33(24(35)32-15-14-29-17-32)31-22(37-26)20-16-19(27)10-11-21(20)28/h4-6,8-11,14-17H,7,12-13H2,1-3H3,(H,30,34). The first-order chi connectivity index (χ1) is 17.6. The minimum absolute atomic E-state index is 0.0434. The van der Waals surface area contributed by atoms with E-state index in [1.54, 1.807) is 20.8 Å². The highest BCUT2D eigenvalue weighted by Crippen LogP contribution is 2.50. The van der Waals surface area contributed by atoms with Gasteiger partial charge in [-0.05, 0) is 57.4 Å². The molecule has 1 aliphatic rings. The molecule has 1 N–H and O–H groups in total. The number of imidazole rings is 1. The zero-order chi connectivity index (χ0) is 26.6. The molecule has 37 heavy (non-hydrogen) atoms. The molecule has 2 amide bonds. The highest BCUT2D eigenvalue weighted by Gasteiger charge is 2.49. The average Bonchev–Trinajstić information content (AvgIpc) is 3.52. The van der Waals surface area contributed by atoms with Gasteiger partial charge < -0.3 is 10.1 Å². The number of rotatable bonds is 6. The number of hydrogen-bond acceptors (Lipinski definition) is 6. The number of alkyl carbamates (subject to hydrolysis) is 1. The van der Waals surface area contributed by atoms with Crippen molar-refractivity contribution >= 4 is 28.9 Å². The van der Waals surface area contributed by atoms with Gasteiger partial charge in [-0.1, -0.05) is 42.1 Å². The van der Waals surface area contributed by atoms with Gasteiger partial charge >= 0.3 is 12.1 Å². The summed E-state index contributed by atoms with van der Waals surface area (Å²) in [6.45, 7) is 5.59. The maximum absolute atomic E-state index is 14.8. The second kappa shape index (κ2) is 10.7. The predicted octanol–water partition coefficient (Wildman–Crippen LogP) is 5.70. The lowest BCUT2D eigenvalue weighted by atomic mass is 10.0. The van der Waals surface area contributed by atoms with E-state index in [-0.39, 0.29) is 17.2 Å². The summed E-state index contributed by atoms with van der Waals surface area (Å²) < 4.78 is 35.4. The third-order valence-electron chi connectivity index (χ3n) is 5.45. The van der Waals surface area contributed by atoms with Crippen molar-refractivity contribution in [1.29, 1.82) is 0 Å². The van der Waals surface area contributed by atoms with Crippen LogP contribution in [0.4, 0.5) is 18.4 Å². The number of halogens is 2. The zero-order valence-electron chi connectivity index (χ0n) is 20.6. The van der Waals surface area contributed by atoms with E-state index in [2.05, 4.69) is 15.4 Å². The van der Waals surface area contributed by atoms with Crippen LogP contribution in [0.1, 0.15) is 44.7 Å². The Morgan fingerprint density at radius 1 is 1.14 bits per heavy atom. The molecular weight excluding hydrogens is 500 g/mol. The molecule has 0 saturated heterocycles. The van der Waals surface area contributed by atoms with Crippen LogP contribution in [-0.2, 0) is 9.61 Å². The summed E-state index contributed by atoms with van der Waals surface area (Å²) in [6, 6.07) is 11.8. The van der Waals surface area contributed by atoms with E-state index in [0.717, 1.165) is 35.5 Å². The lowest BCUT2D eigenvalue weighted by Gasteiger charge is -2.35. The van der Waals surface area contributed by atoms with E-state index in [1.165, 1.54) is 28.3 Å². The number of nitrogens with zero attached hydrogens (tertiary/aromatic N) is 4. The summed E-state index contributed by atoms with van der Waals surface area (Å²) in [5.41, 5.74) is 0.0574. The molecule has 0 aliphatic carbocycles. The molecule has 194 valence electrons. The Kier molecular flexibility index (Phi) is 7.63. The second-order valence-electron chi connectivity index (χ2n) is 9.38. The molecule has 11 heteroatoms. The summed E-state index contributed by atoms with van der Waals surface area (Å²) >= 11 is 1.16. The van der Waals surface area contributed by atoms with Crippen LogP contribution >= 0.6 is 11.8 Å². The minimum Gasteiger partial charge on any atom is -0.444 e. The Labute approximate surface area is 217 Å². The van der Waals surface area contributed by atoms with E-state index < -0.39 is 34.2 Å². The number of hydrogen-bond donors (Lipinski definition) is 1. The first kappa shape index (κ1) is 26.3. The van der Waals surface area contributed by atoms with Gasteiger partial charge in [-0.25, -0.2) is 23.4 Å². The van der Waals surface area contributed by atoms with Gasteiger partial charge in [0, 0.05) is 24.5 Å². The quantitative estimate of drug-likeness (QED) is 0.416. The Balaban J connectivity index is 1.69. The first-order valence-corrected chi connectivity index (χ1v) is 12.5. The van der Waals surface area contributed by atoms with E-state index in [0.29, 0.717) is 12.8 Å². The van der Waals surface area contributed by atoms with Crippen LogP contribution in [-0.4, -0.2) is 43.9 Å². The fourth-order valence-electron chi connectivity index (χ4n) is 3.86. The van der Waals surface area contributed by atoms with Crippen LogP contribution in [0.15, 0.2) is 72.4 Å². The van der Waals surface area contributed by atoms with E-state index in [4.69, 9.17) is 4.74 Å². The van der Waals surface area contributed by atoms with Crippen molar-refractivity contribution in [3.05, 3.63) is 90.0 Å². The van der Waals surface area contributed by atoms with Crippen molar-refractivity contribution in [1.82, 2.24) is 19.9 Å². The van der Waals surface area contributed by atoms with Gasteiger partial charge in [0.05, 0.1) is 0 Å². The van der Waals surface area contributed by atoms with Gasteiger partial charge in [0.1, 0.15) is 33.5 Å². The van der Waals surface area contributed by atoms with Gasteiger partial charge in [-0.3, -0.25) is 4.57 Å². The smallest absolute Gasteiger partial charge is 0.407 e. The van der Waals surface area contributed by atoms with Gasteiger partial charge in [0.15, 0.2) is 0 Å². The lowest BCUT2D eigenvalue weighted by molar-refractivity contribution is 0.0525. The van der Waals surface area contributed by atoms with Crippen molar-refractivity contribution < 1.29 is 23.1 Å². The van der Waals surface area contributed by atoms with Crippen molar-refractivity contribution in [2.24, 2.45) is 5.10 Å². The molecule has 3 aromatic rings. The summed E-state index contributed by atoms with van der Waals surface area (Å²) in [4.78, 5) is 28.6. The van der Waals surface area contributed by atoms with Crippen molar-refractivity contribution in [3.63, 3.8) is 0 Å². The number of aromatic nitrogens is 2. The number of hydrazone groups is 1. The SMILES string of the molecule is CC(C)(C)OC(=O)NCCCC1(c2ccccc2)SC(c2cc(F)ccc2F)=NN1C(=O)n1ccnc1. The minimum atomic E-state index is -1.10. The number of carbonyl (C=O) groups excluding carboxylic acids is 2. The summed E-state index contributed by atoms with van der Waals surface area (Å²) in [7, 11) is 0. The molecule has 2 aromatic carbocycles. The van der Waals surface area contributed by atoms with Crippen molar-refractivity contribution in [2.45, 2.75) is 44.1 Å². The Hall–Kier alpha value is -3.73. The topological polar surface area (TPSA) is 88.8 Å². The molecule has 2 heterocycles. The third-order valence-corrected chi connectivity index (χ3v) is 6.89. The first-order valence-electron chi connectivity index (χ1n) is 11.7. The van der Waals surface area contributed by atoms with Gasteiger partial charge in [0.25, 0.3) is 0 Å². The van der Waals surface area contributed by atoms with E-state index in [1.807, 2.05) is 30.3 Å². The summed E-state index contributed by atoms with van der Waals surface area (Å²) in [5, 5.41) is 8.67. The molecule has 0 bridgehead atoms. The number of benzene rings is 2. The van der Waals surface area contributed by atoms with E-state index in [9.17, 15) is 18.4 Å².